The molecule has 3 heterocycles. The summed E-state index contributed by atoms with van der Waals surface area (Å²) in [5.41, 5.74) is 5.61. The summed E-state index contributed by atoms with van der Waals surface area (Å²) in [7, 11) is 3.32. The summed E-state index contributed by atoms with van der Waals surface area (Å²) in [5.74, 6) is -0.670. The number of nitrogens with two attached hydrogens (primary N) is 1. The fourth-order valence-electron chi connectivity index (χ4n) is 4.34. The van der Waals surface area contributed by atoms with Crippen molar-refractivity contribution in [2.45, 2.75) is 30.6 Å². The van der Waals surface area contributed by atoms with Gasteiger partial charge in [-0.2, -0.15) is 0 Å². The van der Waals surface area contributed by atoms with Crippen LogP contribution in [0.4, 0.5) is 8.78 Å². The van der Waals surface area contributed by atoms with Gasteiger partial charge in [-0.1, -0.05) is 17.8 Å². The van der Waals surface area contributed by atoms with Crippen LogP contribution in [0.3, 0.4) is 0 Å². The summed E-state index contributed by atoms with van der Waals surface area (Å²) in [4.78, 5) is 27.0. The van der Waals surface area contributed by atoms with Gasteiger partial charge >= 0.3 is 0 Å². The Morgan fingerprint density at radius 2 is 2.06 bits per heavy atom. The Hall–Kier alpha value is -3.05. The number of amidine groups is 1. The second kappa shape index (κ2) is 10.1. The maximum atomic E-state index is 15.0. The lowest BCUT2D eigenvalue weighted by Gasteiger charge is -2.41. The third kappa shape index (κ3) is 5.52. The fraction of sp³-hybridized carbons (Fsp3) is 0.440. The zero-order valence-corrected chi connectivity index (χ0v) is 21.4. The molecule has 4 rings (SSSR count). The van der Waals surface area contributed by atoms with E-state index in [-0.39, 0.29) is 28.8 Å². The highest BCUT2D eigenvalue weighted by molar-refractivity contribution is 8.15. The number of thioether (sulfide) groups is 1. The number of amides is 1. The van der Waals surface area contributed by atoms with Crippen molar-refractivity contribution < 1.29 is 23.0 Å². The highest BCUT2D eigenvalue weighted by Gasteiger charge is 2.48. The van der Waals surface area contributed by atoms with Crippen molar-refractivity contribution in [3.8, 4) is 5.88 Å². The molecule has 0 aliphatic carbocycles. The standard InChI is InChI=1S/C25H29F2N5O3S/c1-24(14-25(2,22(33)32(3)4)36-23(28)31-24)17-7-15(5-6-18(17)26)8-19(27)20-9-30-21(10-29-20)35-13-16-11-34-12-16/h5-10,16H,11-14H2,1-4H3,(H2,28,31)/b19-8-/t24-,25+/m0/s1. The van der Waals surface area contributed by atoms with Crippen LogP contribution in [-0.4, -0.2) is 64.6 Å². The number of rotatable bonds is 7. The number of hydrogen-bond donors (Lipinski definition) is 1. The third-order valence-corrected chi connectivity index (χ3v) is 7.21. The van der Waals surface area contributed by atoms with Gasteiger partial charge in [-0.05, 0) is 37.6 Å². The van der Waals surface area contributed by atoms with Gasteiger partial charge in [-0.25, -0.2) is 18.7 Å². The van der Waals surface area contributed by atoms with Gasteiger partial charge in [0.15, 0.2) is 11.0 Å². The smallest absolute Gasteiger partial charge is 0.238 e. The normalized spacial score (nSPS) is 24.6. The molecule has 8 nitrogen and oxygen atoms in total. The van der Waals surface area contributed by atoms with Crippen LogP contribution < -0.4 is 10.5 Å². The zero-order valence-electron chi connectivity index (χ0n) is 20.6. The molecule has 11 heteroatoms. The number of ether oxygens (including phenoxy) is 2. The Morgan fingerprint density at radius 3 is 2.67 bits per heavy atom. The Morgan fingerprint density at radius 1 is 1.31 bits per heavy atom. The number of nitrogens with zero attached hydrogens (tertiary/aromatic N) is 4. The number of carbonyl (C=O) groups excluding carboxylic acids is 1. The Labute approximate surface area is 213 Å². The van der Waals surface area contributed by atoms with Gasteiger partial charge < -0.3 is 20.1 Å². The molecule has 1 aromatic heterocycles. The van der Waals surface area contributed by atoms with E-state index in [0.717, 1.165) is 11.8 Å². The Kier molecular flexibility index (Phi) is 7.33. The molecule has 2 aliphatic heterocycles. The van der Waals surface area contributed by atoms with Crippen LogP contribution in [-0.2, 0) is 15.1 Å². The molecule has 0 radical (unpaired) electrons. The highest BCUT2D eigenvalue weighted by Crippen LogP contribution is 2.46. The molecule has 0 spiro atoms. The average Bonchev–Trinajstić information content (AvgIpc) is 2.78. The summed E-state index contributed by atoms with van der Waals surface area (Å²) in [5, 5.41) is 0.190. The maximum absolute atomic E-state index is 15.0. The van der Waals surface area contributed by atoms with E-state index >= 15 is 4.39 Å². The van der Waals surface area contributed by atoms with E-state index in [2.05, 4.69) is 15.0 Å². The number of hydrogen-bond acceptors (Lipinski definition) is 8. The van der Waals surface area contributed by atoms with E-state index < -0.39 is 21.9 Å². The minimum atomic E-state index is -1.12. The Bertz CT molecular complexity index is 1200. The molecule has 0 unspecified atom stereocenters. The van der Waals surface area contributed by atoms with Gasteiger partial charge in [0.2, 0.25) is 11.8 Å². The van der Waals surface area contributed by atoms with Crippen LogP contribution in [0.15, 0.2) is 35.6 Å². The summed E-state index contributed by atoms with van der Waals surface area (Å²) < 4.78 is 39.7. The molecule has 0 bridgehead atoms. The van der Waals surface area contributed by atoms with E-state index in [1.54, 1.807) is 27.9 Å². The molecular formula is C25H29F2N5O3S. The quantitative estimate of drug-likeness (QED) is 0.598. The van der Waals surface area contributed by atoms with Crippen molar-refractivity contribution in [2.75, 3.05) is 33.9 Å². The van der Waals surface area contributed by atoms with E-state index in [1.807, 2.05) is 0 Å². The third-order valence-electron chi connectivity index (χ3n) is 6.14. The molecule has 2 N–H and O–H groups in total. The van der Waals surface area contributed by atoms with Crippen LogP contribution in [0.2, 0.25) is 0 Å². The van der Waals surface area contributed by atoms with Crippen molar-refractivity contribution in [3.05, 3.63) is 53.2 Å². The molecule has 0 saturated carbocycles. The molecule has 36 heavy (non-hydrogen) atoms. The average molecular weight is 518 g/mol. The molecular weight excluding hydrogens is 488 g/mol. The minimum Gasteiger partial charge on any atom is -0.476 e. The van der Waals surface area contributed by atoms with Crippen molar-refractivity contribution in [3.63, 3.8) is 0 Å². The van der Waals surface area contributed by atoms with Crippen LogP contribution in [0.25, 0.3) is 11.9 Å². The second-order valence-corrected chi connectivity index (χ2v) is 11.1. The van der Waals surface area contributed by atoms with Crippen LogP contribution in [0.1, 0.15) is 37.1 Å². The second-order valence-electron chi connectivity index (χ2n) is 9.62. The molecule has 1 fully saturated rings. The topological polar surface area (TPSA) is 103 Å². The largest absolute Gasteiger partial charge is 0.476 e. The molecule has 2 aliphatic rings. The lowest BCUT2D eigenvalue weighted by atomic mass is 9.82. The van der Waals surface area contributed by atoms with E-state index in [4.69, 9.17) is 15.2 Å². The molecule has 1 saturated heterocycles. The molecule has 2 atom stereocenters. The van der Waals surface area contributed by atoms with Crippen LogP contribution in [0, 0.1) is 11.7 Å². The van der Waals surface area contributed by atoms with E-state index in [0.29, 0.717) is 37.2 Å². The summed E-state index contributed by atoms with van der Waals surface area (Å²) in [6, 6.07) is 4.24. The lowest BCUT2D eigenvalue weighted by Crippen LogP contribution is -2.49. The predicted molar refractivity (Wildman–Crippen MR) is 135 cm³/mol. The number of aromatic nitrogens is 2. The van der Waals surface area contributed by atoms with Gasteiger partial charge in [-0.15, -0.1) is 0 Å². The predicted octanol–water partition coefficient (Wildman–Crippen LogP) is 3.62. The fourth-order valence-corrected chi connectivity index (χ4v) is 5.67. The van der Waals surface area contributed by atoms with E-state index in [9.17, 15) is 9.18 Å². The summed E-state index contributed by atoms with van der Waals surface area (Å²) >= 11 is 1.16. The molecule has 2 aromatic rings. The van der Waals surface area contributed by atoms with Crippen LogP contribution in [0.5, 0.6) is 5.88 Å². The summed E-state index contributed by atoms with van der Waals surface area (Å²) in [6.07, 6.45) is 4.11. The molecule has 192 valence electrons. The van der Waals surface area contributed by atoms with E-state index in [1.165, 1.54) is 41.6 Å². The lowest BCUT2D eigenvalue weighted by molar-refractivity contribution is -0.131. The van der Waals surface area contributed by atoms with Crippen molar-refractivity contribution >= 4 is 34.7 Å². The number of benzene rings is 1. The van der Waals surface area contributed by atoms with Gasteiger partial charge in [0.25, 0.3) is 0 Å². The first-order valence-corrected chi connectivity index (χ1v) is 12.3. The van der Waals surface area contributed by atoms with Crippen molar-refractivity contribution in [2.24, 2.45) is 16.6 Å². The molecule has 1 aromatic carbocycles. The number of carbonyl (C=O) groups is 1. The zero-order chi connectivity index (χ0) is 26.1. The first-order valence-electron chi connectivity index (χ1n) is 11.5. The minimum absolute atomic E-state index is 0.0203. The van der Waals surface area contributed by atoms with Gasteiger partial charge in [-0.3, -0.25) is 9.79 Å². The summed E-state index contributed by atoms with van der Waals surface area (Å²) in [6.45, 7) is 5.28. The maximum Gasteiger partial charge on any atom is 0.238 e. The van der Waals surface area contributed by atoms with Gasteiger partial charge in [0.1, 0.15) is 16.3 Å². The first-order chi connectivity index (χ1) is 17.0. The SMILES string of the molecule is CN(C)C(=O)[C@@]1(C)C[C@@](C)(c2cc(/C=C(\F)c3cnc(OCC4COC4)cn3)ccc2F)N=C(N)S1. The number of aliphatic imine (C=N–C) groups is 1. The van der Waals surface area contributed by atoms with Gasteiger partial charge in [0, 0.05) is 32.0 Å². The highest BCUT2D eigenvalue weighted by atomic mass is 32.2. The Balaban J connectivity index is 1.57. The van der Waals surface area contributed by atoms with Crippen molar-refractivity contribution in [1.29, 1.82) is 0 Å². The van der Waals surface area contributed by atoms with Gasteiger partial charge in [0.05, 0.1) is 37.8 Å². The van der Waals surface area contributed by atoms with Crippen LogP contribution >= 0.6 is 11.8 Å². The van der Waals surface area contributed by atoms with Crippen molar-refractivity contribution in [1.82, 2.24) is 14.9 Å². The number of halogens is 2. The monoisotopic (exact) mass is 517 g/mol. The molecule has 1 amide bonds. The first kappa shape index (κ1) is 26.0.